The number of hydrogen-bond donors (Lipinski definition) is 2. The summed E-state index contributed by atoms with van der Waals surface area (Å²) < 4.78 is 43.9. The minimum absolute atomic E-state index is 0.116. The number of hydrogen-bond acceptors (Lipinski definition) is 5. The summed E-state index contributed by atoms with van der Waals surface area (Å²) in [4.78, 5) is 10.5. The van der Waals surface area contributed by atoms with Gasteiger partial charge in [-0.05, 0) is 68.0 Å². The zero-order valence-corrected chi connectivity index (χ0v) is 25.0. The van der Waals surface area contributed by atoms with E-state index in [4.69, 9.17) is 10.7 Å². The molecule has 0 bridgehead atoms. The van der Waals surface area contributed by atoms with Crippen LogP contribution in [-0.2, 0) is 13.0 Å². The molecule has 2 N–H and O–H groups in total. The van der Waals surface area contributed by atoms with Crippen molar-refractivity contribution < 1.29 is 13.2 Å². The van der Waals surface area contributed by atoms with Gasteiger partial charge in [0.2, 0.25) is 0 Å². The number of thiol groups is 1. The van der Waals surface area contributed by atoms with Gasteiger partial charge in [0.25, 0.3) is 0 Å². The maximum absolute atomic E-state index is 14.2. The second-order valence-electron chi connectivity index (χ2n) is 12.5. The van der Waals surface area contributed by atoms with Crippen LogP contribution in [0.15, 0.2) is 35.4 Å². The quantitative estimate of drug-likeness (QED) is 0.293. The van der Waals surface area contributed by atoms with Crippen molar-refractivity contribution in [1.29, 1.82) is 0 Å². The minimum Gasteiger partial charge on any atom is -0.367 e. The van der Waals surface area contributed by atoms with Crippen LogP contribution in [0.4, 0.5) is 18.9 Å². The molecule has 2 aromatic heterocycles. The van der Waals surface area contributed by atoms with Crippen molar-refractivity contribution in [3.05, 3.63) is 41.7 Å². The van der Waals surface area contributed by atoms with Gasteiger partial charge in [0.15, 0.2) is 0 Å². The topological polar surface area (TPSA) is 50.3 Å². The molecule has 0 amide bonds. The summed E-state index contributed by atoms with van der Waals surface area (Å²) in [5, 5.41) is 0.810. The van der Waals surface area contributed by atoms with E-state index in [9.17, 15) is 13.2 Å². The number of piperidine rings is 1. The minimum atomic E-state index is -4.39. The number of anilines is 1. The zero-order valence-electron chi connectivity index (χ0n) is 24.1. The van der Waals surface area contributed by atoms with Gasteiger partial charge >= 0.3 is 6.18 Å². The lowest BCUT2D eigenvalue weighted by Crippen LogP contribution is -2.54. The molecule has 2 unspecified atom stereocenters. The smallest absolute Gasteiger partial charge is 0.367 e. The maximum Gasteiger partial charge on any atom is 0.406 e. The predicted octanol–water partition coefficient (Wildman–Crippen LogP) is 7.23. The number of aromatic nitrogens is 2. The zero-order chi connectivity index (χ0) is 28.8. The van der Waals surface area contributed by atoms with Crippen LogP contribution >= 0.6 is 12.6 Å². The summed E-state index contributed by atoms with van der Waals surface area (Å²) >= 11 is 4.56. The molecule has 3 aromatic rings. The summed E-state index contributed by atoms with van der Waals surface area (Å²) in [7, 11) is 0. The summed E-state index contributed by atoms with van der Waals surface area (Å²) in [5.74, 6) is 0. The standard InChI is InChI=1S/C31H42F3N5S/c1-5-30(3,4)16-26-24-15-23(40)9-10-27(24)39(19-31(32,33)34)29(26)25-14-22(17-36-28(25)20(2)35)38-13-12-37-11-7-6-8-21(37)18-38/h9-10,14-15,17,20-21,40H,5-8,11-13,16,18-19,35H2,1-4H3. The number of nitrogens with two attached hydrogens (primary N) is 1. The highest BCUT2D eigenvalue weighted by molar-refractivity contribution is 7.80. The number of halogens is 3. The van der Waals surface area contributed by atoms with Crippen molar-refractivity contribution in [3.8, 4) is 11.3 Å². The summed E-state index contributed by atoms with van der Waals surface area (Å²) in [6.45, 7) is 11.1. The molecular weight excluding hydrogens is 531 g/mol. The Morgan fingerprint density at radius 3 is 2.60 bits per heavy atom. The monoisotopic (exact) mass is 573 g/mol. The van der Waals surface area contributed by atoms with Crippen LogP contribution in [0.1, 0.15) is 70.7 Å². The lowest BCUT2D eigenvalue weighted by Gasteiger charge is -2.45. The van der Waals surface area contributed by atoms with Gasteiger partial charge in [0, 0.05) is 53.1 Å². The third kappa shape index (κ3) is 6.02. The molecule has 0 spiro atoms. The average Bonchev–Trinajstić information content (AvgIpc) is 3.17. The molecule has 2 atom stereocenters. The highest BCUT2D eigenvalue weighted by Crippen LogP contribution is 2.43. The Morgan fingerprint density at radius 2 is 1.90 bits per heavy atom. The number of benzene rings is 1. The van der Waals surface area contributed by atoms with Crippen LogP contribution in [0.3, 0.4) is 0 Å². The Morgan fingerprint density at radius 1 is 1.12 bits per heavy atom. The van der Waals surface area contributed by atoms with Crippen LogP contribution in [-0.4, -0.2) is 52.8 Å². The molecular formula is C31H42F3N5S. The normalized spacial score (nSPS) is 19.7. The number of rotatable bonds is 7. The first-order valence-corrected chi connectivity index (χ1v) is 15.0. The average molecular weight is 574 g/mol. The van der Waals surface area contributed by atoms with Crippen molar-refractivity contribution in [2.75, 3.05) is 31.1 Å². The van der Waals surface area contributed by atoms with E-state index in [1.54, 1.807) is 12.1 Å². The summed E-state index contributed by atoms with van der Waals surface area (Å²) in [5.41, 5.74) is 10.6. The van der Waals surface area contributed by atoms with E-state index in [1.807, 2.05) is 19.2 Å². The van der Waals surface area contributed by atoms with E-state index < -0.39 is 18.8 Å². The van der Waals surface area contributed by atoms with Crippen molar-refractivity contribution in [1.82, 2.24) is 14.5 Å². The molecule has 1 aromatic carbocycles. The van der Waals surface area contributed by atoms with E-state index in [0.717, 1.165) is 54.1 Å². The lowest BCUT2D eigenvalue weighted by atomic mass is 9.81. The molecule has 5 rings (SSSR count). The van der Waals surface area contributed by atoms with E-state index in [2.05, 4.69) is 49.3 Å². The van der Waals surface area contributed by atoms with Crippen LogP contribution < -0.4 is 10.6 Å². The lowest BCUT2D eigenvalue weighted by molar-refractivity contribution is -0.139. The fraction of sp³-hybridized carbons (Fsp3) is 0.581. The second kappa shape index (κ2) is 11.2. The highest BCUT2D eigenvalue weighted by atomic mass is 32.1. The van der Waals surface area contributed by atoms with Gasteiger partial charge in [-0.1, -0.05) is 33.6 Å². The largest absolute Gasteiger partial charge is 0.406 e. The third-order valence-corrected chi connectivity index (χ3v) is 9.17. The Bertz CT molecular complexity index is 1360. The van der Waals surface area contributed by atoms with Crippen molar-refractivity contribution in [3.63, 3.8) is 0 Å². The van der Waals surface area contributed by atoms with Gasteiger partial charge < -0.3 is 15.2 Å². The number of piperazine rings is 1. The number of nitrogens with zero attached hydrogens (tertiary/aromatic N) is 4. The van der Waals surface area contributed by atoms with Gasteiger partial charge in [-0.2, -0.15) is 13.2 Å². The summed E-state index contributed by atoms with van der Waals surface area (Å²) in [6.07, 6.45) is 2.65. The molecule has 2 saturated heterocycles. The molecule has 0 saturated carbocycles. The first-order valence-electron chi connectivity index (χ1n) is 14.5. The maximum atomic E-state index is 14.2. The van der Waals surface area contributed by atoms with Gasteiger partial charge in [0.1, 0.15) is 6.54 Å². The number of pyridine rings is 1. The predicted molar refractivity (Wildman–Crippen MR) is 160 cm³/mol. The molecule has 5 nitrogen and oxygen atoms in total. The molecule has 0 aliphatic carbocycles. The number of alkyl halides is 3. The molecule has 40 heavy (non-hydrogen) atoms. The molecule has 2 aliphatic rings. The van der Waals surface area contributed by atoms with Gasteiger partial charge in [-0.3, -0.25) is 9.88 Å². The highest BCUT2D eigenvalue weighted by Gasteiger charge is 2.35. The molecule has 2 aliphatic heterocycles. The molecule has 0 radical (unpaired) electrons. The Labute approximate surface area is 241 Å². The van der Waals surface area contributed by atoms with Crippen molar-refractivity contribution in [2.24, 2.45) is 11.1 Å². The van der Waals surface area contributed by atoms with Crippen LogP contribution in [0, 0.1) is 5.41 Å². The second-order valence-corrected chi connectivity index (χ2v) is 13.0. The van der Waals surface area contributed by atoms with Crippen LogP contribution in [0.2, 0.25) is 0 Å². The van der Waals surface area contributed by atoms with Crippen LogP contribution in [0.5, 0.6) is 0 Å². The van der Waals surface area contributed by atoms with Gasteiger partial charge in [-0.15, -0.1) is 12.6 Å². The Kier molecular flexibility index (Phi) is 8.21. The third-order valence-electron chi connectivity index (χ3n) is 8.89. The molecule has 9 heteroatoms. The van der Waals surface area contributed by atoms with Crippen molar-refractivity contribution >= 4 is 29.2 Å². The Balaban J connectivity index is 1.73. The van der Waals surface area contributed by atoms with E-state index in [1.165, 1.54) is 23.8 Å². The molecule has 2 fully saturated rings. The van der Waals surface area contributed by atoms with Crippen LogP contribution in [0.25, 0.3) is 22.2 Å². The van der Waals surface area contributed by atoms with Gasteiger partial charge in [0.05, 0.1) is 23.3 Å². The fourth-order valence-electron chi connectivity index (χ4n) is 6.43. The van der Waals surface area contributed by atoms with Crippen molar-refractivity contribution in [2.45, 2.75) is 89.5 Å². The molecule has 218 valence electrons. The SMILES string of the molecule is CCC(C)(C)Cc1c(-c2cc(N3CCN4CCCCC4C3)cnc2C(C)N)n(CC(F)(F)F)c2ccc(S)cc12. The fourth-order valence-corrected chi connectivity index (χ4v) is 6.63. The van der Waals surface area contributed by atoms with E-state index in [-0.39, 0.29) is 5.41 Å². The first-order chi connectivity index (χ1) is 18.9. The van der Waals surface area contributed by atoms with E-state index in [0.29, 0.717) is 34.9 Å². The van der Waals surface area contributed by atoms with E-state index >= 15 is 0 Å². The Hall–Kier alpha value is -2.23. The molecule has 4 heterocycles. The summed E-state index contributed by atoms with van der Waals surface area (Å²) in [6, 6.07) is 7.55. The van der Waals surface area contributed by atoms with Gasteiger partial charge in [-0.25, -0.2) is 0 Å². The first kappa shape index (κ1) is 29.3. The number of fused-ring (bicyclic) bond motifs is 2.